The zero-order chi connectivity index (χ0) is 22.7. The van der Waals surface area contributed by atoms with Crippen LogP contribution in [0.1, 0.15) is 36.0 Å². The molecule has 0 aromatic heterocycles. The van der Waals surface area contributed by atoms with Crippen LogP contribution in [0.2, 0.25) is 0 Å². The van der Waals surface area contributed by atoms with Crippen LogP contribution in [0.3, 0.4) is 0 Å². The zero-order valence-corrected chi connectivity index (χ0v) is 19.5. The van der Waals surface area contributed by atoms with E-state index in [9.17, 15) is 4.79 Å². The molecule has 2 atom stereocenters. The molecular weight excluding hydrogens is 406 g/mol. The number of carbonyl (C=O) groups excluding carboxylic acids is 1. The van der Waals surface area contributed by atoms with Crippen LogP contribution < -0.4 is 5.32 Å². The first-order valence-corrected chi connectivity index (χ1v) is 12.2. The predicted molar refractivity (Wildman–Crippen MR) is 133 cm³/mol. The largest absolute Gasteiger partial charge is 0.323 e. The van der Waals surface area contributed by atoms with Crippen LogP contribution >= 0.6 is 0 Å². The van der Waals surface area contributed by atoms with Crippen LogP contribution in [0, 0.1) is 0 Å². The Kier molecular flexibility index (Phi) is 5.94. The van der Waals surface area contributed by atoms with E-state index in [1.807, 2.05) is 12.1 Å². The van der Waals surface area contributed by atoms with Crippen molar-refractivity contribution in [3.63, 3.8) is 0 Å². The van der Waals surface area contributed by atoms with Crippen molar-refractivity contribution in [2.75, 3.05) is 26.7 Å². The number of nitrogens with one attached hydrogen (secondary N) is 1. The molecule has 2 aliphatic rings. The summed E-state index contributed by atoms with van der Waals surface area (Å²) in [5.41, 5.74) is 3.17. The fourth-order valence-corrected chi connectivity index (χ4v) is 5.77. The smallest absolute Gasteiger partial charge is 0.318 e. The summed E-state index contributed by atoms with van der Waals surface area (Å²) in [5, 5.41) is 3.41. The van der Waals surface area contributed by atoms with Gasteiger partial charge in [0.15, 0.2) is 0 Å². The van der Waals surface area contributed by atoms with Crippen molar-refractivity contribution in [1.82, 2.24) is 10.2 Å². The molecule has 0 spiro atoms. The average Bonchev–Trinajstić information content (AvgIpc) is 3.09. The van der Waals surface area contributed by atoms with Crippen LogP contribution in [-0.2, 0) is 12.1 Å². The molecule has 2 amide bonds. The van der Waals surface area contributed by atoms with Crippen molar-refractivity contribution in [2.24, 2.45) is 0 Å². The highest BCUT2D eigenvalue weighted by Crippen LogP contribution is 2.37. The Labute approximate surface area is 197 Å². The molecule has 33 heavy (non-hydrogen) atoms. The summed E-state index contributed by atoms with van der Waals surface area (Å²) in [6.45, 7) is 3.97. The SMILES string of the molecule is C[N+]1(Cc2ccccc2)CCCC(N2CC(c3ccccc3)(c3ccccc3)NC2=O)CC1. The molecule has 0 radical (unpaired) electrons. The summed E-state index contributed by atoms with van der Waals surface area (Å²) in [7, 11) is 2.37. The number of rotatable bonds is 5. The molecule has 4 heteroatoms. The third-order valence-electron chi connectivity index (χ3n) is 7.61. The van der Waals surface area contributed by atoms with Crippen molar-refractivity contribution < 1.29 is 9.28 Å². The minimum atomic E-state index is -0.506. The molecule has 170 valence electrons. The predicted octanol–water partition coefficient (Wildman–Crippen LogP) is 5.15. The molecule has 4 nitrogen and oxygen atoms in total. The summed E-state index contributed by atoms with van der Waals surface area (Å²) in [4.78, 5) is 15.5. The average molecular weight is 441 g/mol. The first-order valence-electron chi connectivity index (χ1n) is 12.2. The lowest BCUT2D eigenvalue weighted by Gasteiger charge is -2.34. The van der Waals surface area contributed by atoms with Crippen molar-refractivity contribution in [1.29, 1.82) is 0 Å². The van der Waals surface area contributed by atoms with E-state index in [1.165, 1.54) is 5.56 Å². The number of urea groups is 1. The number of hydrogen-bond acceptors (Lipinski definition) is 1. The van der Waals surface area contributed by atoms with Crippen molar-refractivity contribution in [3.8, 4) is 0 Å². The number of amides is 2. The van der Waals surface area contributed by atoms with E-state index in [0.29, 0.717) is 6.54 Å². The molecule has 2 aliphatic heterocycles. The van der Waals surface area contributed by atoms with Crippen molar-refractivity contribution in [2.45, 2.75) is 37.4 Å². The van der Waals surface area contributed by atoms with Gasteiger partial charge >= 0.3 is 6.03 Å². The number of benzene rings is 3. The zero-order valence-electron chi connectivity index (χ0n) is 19.5. The second-order valence-corrected chi connectivity index (χ2v) is 9.99. The molecule has 2 fully saturated rings. The van der Waals surface area contributed by atoms with Crippen LogP contribution in [0.15, 0.2) is 91.0 Å². The first-order chi connectivity index (χ1) is 16.1. The van der Waals surface area contributed by atoms with Gasteiger partial charge < -0.3 is 14.7 Å². The van der Waals surface area contributed by atoms with E-state index in [0.717, 1.165) is 54.5 Å². The van der Waals surface area contributed by atoms with Crippen LogP contribution in [0.25, 0.3) is 0 Å². The minimum Gasteiger partial charge on any atom is -0.323 e. The second kappa shape index (κ2) is 9.03. The Morgan fingerprint density at radius 3 is 2.03 bits per heavy atom. The quantitative estimate of drug-likeness (QED) is 0.547. The molecule has 2 heterocycles. The summed E-state index contributed by atoms with van der Waals surface area (Å²) >= 11 is 0. The van der Waals surface area contributed by atoms with Gasteiger partial charge in [0.1, 0.15) is 12.1 Å². The van der Waals surface area contributed by atoms with Gasteiger partial charge in [-0.15, -0.1) is 0 Å². The molecular formula is C29H34N3O+. The standard InChI is InChI=1S/C29H33N3O/c1-32(22-24-12-5-2-6-13-24)20-11-18-27(19-21-32)31-23-29(30-28(31)33,25-14-7-3-8-15-25)26-16-9-4-10-17-26/h2-10,12-17,27H,11,18-23H2,1H3/p+1. The van der Waals surface area contributed by atoms with E-state index in [-0.39, 0.29) is 12.1 Å². The van der Waals surface area contributed by atoms with Crippen LogP contribution in [-0.4, -0.2) is 48.1 Å². The first kappa shape index (κ1) is 21.7. The fourth-order valence-electron chi connectivity index (χ4n) is 5.77. The molecule has 0 aliphatic carbocycles. The monoisotopic (exact) mass is 440 g/mol. The third-order valence-corrected chi connectivity index (χ3v) is 7.61. The van der Waals surface area contributed by atoms with Crippen LogP contribution in [0.5, 0.6) is 0 Å². The summed E-state index contributed by atoms with van der Waals surface area (Å²) in [6.07, 6.45) is 3.24. The minimum absolute atomic E-state index is 0.0619. The third kappa shape index (κ3) is 4.40. The second-order valence-electron chi connectivity index (χ2n) is 9.99. The number of quaternary nitrogens is 1. The lowest BCUT2D eigenvalue weighted by molar-refractivity contribution is -0.921. The highest BCUT2D eigenvalue weighted by molar-refractivity contribution is 5.80. The lowest BCUT2D eigenvalue weighted by Crippen LogP contribution is -2.45. The van der Waals surface area contributed by atoms with Crippen molar-refractivity contribution in [3.05, 3.63) is 108 Å². The van der Waals surface area contributed by atoms with E-state index in [2.05, 4.69) is 96.1 Å². The van der Waals surface area contributed by atoms with Gasteiger partial charge in [-0.1, -0.05) is 91.0 Å². The summed E-state index contributed by atoms with van der Waals surface area (Å²) in [6, 6.07) is 32.0. The van der Waals surface area contributed by atoms with Gasteiger partial charge in [0, 0.05) is 18.0 Å². The van der Waals surface area contributed by atoms with Gasteiger partial charge in [-0.3, -0.25) is 0 Å². The fraction of sp³-hybridized carbons (Fsp3) is 0.345. The van der Waals surface area contributed by atoms with Gasteiger partial charge in [-0.2, -0.15) is 0 Å². The summed E-state index contributed by atoms with van der Waals surface area (Å²) in [5.74, 6) is 0. The topological polar surface area (TPSA) is 32.3 Å². The summed E-state index contributed by atoms with van der Waals surface area (Å²) < 4.78 is 1.04. The van der Waals surface area contributed by atoms with E-state index >= 15 is 0 Å². The molecule has 0 bridgehead atoms. The molecule has 5 rings (SSSR count). The number of carbonyl (C=O) groups is 1. The maximum atomic E-state index is 13.4. The molecule has 1 N–H and O–H groups in total. The van der Waals surface area contributed by atoms with E-state index < -0.39 is 5.54 Å². The maximum absolute atomic E-state index is 13.4. The van der Waals surface area contributed by atoms with Gasteiger partial charge in [0.25, 0.3) is 0 Å². The van der Waals surface area contributed by atoms with Gasteiger partial charge in [0.2, 0.25) is 0 Å². The van der Waals surface area contributed by atoms with Gasteiger partial charge in [0.05, 0.1) is 26.7 Å². The van der Waals surface area contributed by atoms with Gasteiger partial charge in [-0.05, 0) is 24.0 Å². The Hall–Kier alpha value is -3.11. The number of hydrogen-bond donors (Lipinski definition) is 1. The maximum Gasteiger partial charge on any atom is 0.318 e. The highest BCUT2D eigenvalue weighted by atomic mass is 16.2. The molecule has 3 aromatic carbocycles. The Morgan fingerprint density at radius 1 is 0.848 bits per heavy atom. The van der Waals surface area contributed by atoms with Crippen LogP contribution in [0.4, 0.5) is 4.79 Å². The number of likely N-dealkylation sites (tertiary alicyclic amines) is 1. The van der Waals surface area contributed by atoms with E-state index in [1.54, 1.807) is 0 Å². The molecule has 2 unspecified atom stereocenters. The molecule has 0 saturated carbocycles. The Morgan fingerprint density at radius 2 is 1.42 bits per heavy atom. The highest BCUT2D eigenvalue weighted by Gasteiger charge is 2.47. The van der Waals surface area contributed by atoms with E-state index in [4.69, 9.17) is 0 Å². The number of nitrogens with zero attached hydrogens (tertiary/aromatic N) is 2. The van der Waals surface area contributed by atoms with Crippen molar-refractivity contribution >= 4 is 6.03 Å². The normalized spacial score (nSPS) is 24.8. The van der Waals surface area contributed by atoms with Gasteiger partial charge in [-0.25, -0.2) is 4.79 Å². The molecule has 3 aromatic rings. The lowest BCUT2D eigenvalue weighted by atomic mass is 9.83. The Balaban J connectivity index is 1.37. The molecule has 2 saturated heterocycles. The Bertz CT molecular complexity index is 1030.